The molecule has 6 rings (SSSR count). The molecule has 0 saturated carbocycles. The van der Waals surface area contributed by atoms with Gasteiger partial charge in [0.2, 0.25) is 5.78 Å². The minimum atomic E-state index is -0.451. The third kappa shape index (κ3) is 2.93. The van der Waals surface area contributed by atoms with Crippen molar-refractivity contribution < 1.29 is 4.79 Å². The van der Waals surface area contributed by atoms with E-state index in [1.807, 2.05) is 83.3 Å². The third-order valence-electron chi connectivity index (χ3n) is 5.42. The first-order valence-corrected chi connectivity index (χ1v) is 10.8. The van der Waals surface area contributed by atoms with Gasteiger partial charge in [-0.25, -0.2) is 10.1 Å². The van der Waals surface area contributed by atoms with Crippen LogP contribution in [0.3, 0.4) is 0 Å². The molecule has 2 N–H and O–H groups in total. The fourth-order valence-electron chi connectivity index (χ4n) is 3.94. The number of nitrogens with zero attached hydrogens (tertiary/aromatic N) is 3. The van der Waals surface area contributed by atoms with E-state index >= 15 is 0 Å². The van der Waals surface area contributed by atoms with E-state index in [1.165, 1.54) is 11.8 Å². The molecule has 31 heavy (non-hydrogen) atoms. The van der Waals surface area contributed by atoms with Gasteiger partial charge in [0.15, 0.2) is 10.9 Å². The predicted molar refractivity (Wildman–Crippen MR) is 123 cm³/mol. The highest BCUT2D eigenvalue weighted by Gasteiger charge is 2.28. The van der Waals surface area contributed by atoms with Gasteiger partial charge in [0.25, 0.3) is 0 Å². The van der Waals surface area contributed by atoms with Crippen LogP contribution in [0.15, 0.2) is 90.2 Å². The van der Waals surface area contributed by atoms with Gasteiger partial charge in [-0.1, -0.05) is 72.4 Å². The van der Waals surface area contributed by atoms with Gasteiger partial charge in [-0.15, -0.1) is 5.10 Å². The zero-order valence-corrected chi connectivity index (χ0v) is 17.1. The van der Waals surface area contributed by atoms with Gasteiger partial charge < -0.3 is 4.98 Å². The number of imidazole rings is 1. The number of hydrogen-bond acceptors (Lipinski definition) is 4. The smallest absolute Gasteiger partial charge is 0.231 e. The third-order valence-corrected chi connectivity index (χ3v) is 6.63. The van der Waals surface area contributed by atoms with E-state index in [9.17, 15) is 4.79 Å². The van der Waals surface area contributed by atoms with Gasteiger partial charge in [0.1, 0.15) is 5.25 Å². The molecule has 0 saturated heterocycles. The summed E-state index contributed by atoms with van der Waals surface area (Å²) in [5.74, 6) is 0.698. The van der Waals surface area contributed by atoms with Gasteiger partial charge in [-0.3, -0.25) is 9.20 Å². The summed E-state index contributed by atoms with van der Waals surface area (Å²) >= 11 is 1.43. The number of thioether (sulfide) groups is 1. The summed E-state index contributed by atoms with van der Waals surface area (Å²) in [7, 11) is 0. The molecule has 1 atom stereocenters. The number of benzene rings is 3. The highest BCUT2D eigenvalue weighted by atomic mass is 32.2. The van der Waals surface area contributed by atoms with Crippen molar-refractivity contribution in [2.24, 2.45) is 0 Å². The van der Waals surface area contributed by atoms with Crippen molar-refractivity contribution in [2.75, 3.05) is 0 Å². The Hall–Kier alpha value is -3.84. The first-order chi connectivity index (χ1) is 15.3. The molecule has 3 aromatic carbocycles. The van der Waals surface area contributed by atoms with E-state index in [0.717, 1.165) is 27.5 Å². The average molecular weight is 424 g/mol. The molecular formula is C24H17N5OS. The van der Waals surface area contributed by atoms with Crippen molar-refractivity contribution in [3.8, 4) is 0 Å². The van der Waals surface area contributed by atoms with Crippen LogP contribution < -0.4 is 0 Å². The molecule has 0 aliphatic rings. The summed E-state index contributed by atoms with van der Waals surface area (Å²) in [6.45, 7) is 0. The topological polar surface area (TPSA) is 78.8 Å². The first kappa shape index (κ1) is 18.0. The Morgan fingerprint density at radius 3 is 2.61 bits per heavy atom. The predicted octanol–water partition coefficient (Wildman–Crippen LogP) is 5.41. The number of fused-ring (bicyclic) bond motifs is 4. The molecule has 0 bridgehead atoms. The average Bonchev–Trinajstić information content (AvgIpc) is 3.51. The number of carbonyl (C=O) groups excluding carboxylic acids is 1. The van der Waals surface area contributed by atoms with Crippen molar-refractivity contribution >= 4 is 45.3 Å². The summed E-state index contributed by atoms with van der Waals surface area (Å²) in [4.78, 5) is 21.6. The lowest BCUT2D eigenvalue weighted by molar-refractivity contribution is 0.0991. The Kier molecular flexibility index (Phi) is 4.14. The van der Waals surface area contributed by atoms with Crippen LogP contribution in [-0.4, -0.2) is 30.3 Å². The van der Waals surface area contributed by atoms with Crippen molar-refractivity contribution in [3.63, 3.8) is 0 Å². The largest absolute Gasteiger partial charge is 0.360 e. The van der Waals surface area contributed by atoms with Crippen LogP contribution in [0.1, 0.15) is 21.2 Å². The normalized spacial score (nSPS) is 12.6. The molecular weight excluding hydrogens is 406 g/mol. The lowest BCUT2D eigenvalue weighted by atomic mass is 10.0. The molecule has 3 heterocycles. The number of para-hydroxylation sites is 3. The number of rotatable bonds is 5. The second kappa shape index (κ2) is 7.14. The van der Waals surface area contributed by atoms with Gasteiger partial charge in [-0.2, -0.15) is 0 Å². The highest BCUT2D eigenvalue weighted by Crippen LogP contribution is 2.39. The Bertz CT molecular complexity index is 1550. The van der Waals surface area contributed by atoms with E-state index in [-0.39, 0.29) is 5.78 Å². The molecule has 0 aliphatic heterocycles. The van der Waals surface area contributed by atoms with Gasteiger partial charge in [0.05, 0.1) is 11.0 Å². The summed E-state index contributed by atoms with van der Waals surface area (Å²) in [6, 6.07) is 25.6. The number of aromatic nitrogens is 5. The number of H-pyrrole nitrogens is 2. The second-order valence-electron chi connectivity index (χ2n) is 7.29. The number of ketones is 1. The van der Waals surface area contributed by atoms with Gasteiger partial charge in [0, 0.05) is 22.7 Å². The van der Waals surface area contributed by atoms with Gasteiger partial charge >= 0.3 is 0 Å². The van der Waals surface area contributed by atoms with Crippen molar-refractivity contribution in [2.45, 2.75) is 10.4 Å². The molecule has 0 aliphatic carbocycles. The fraction of sp³-hybridized carbons (Fsp3) is 0.0417. The number of aromatic amines is 2. The lowest BCUT2D eigenvalue weighted by Gasteiger charge is -2.14. The molecule has 1 unspecified atom stereocenters. The van der Waals surface area contributed by atoms with Crippen molar-refractivity contribution in [1.29, 1.82) is 0 Å². The molecule has 7 heteroatoms. The molecule has 6 aromatic rings. The standard InChI is InChI=1S/C24H17N5OS/c30-21(17-14-25-18-11-5-4-10-16(17)18)22(15-8-2-1-3-9-15)31-24-28-27-23-26-19-12-6-7-13-20(19)29(23)24/h1-14,22,25H,(H,26,27). The second-order valence-corrected chi connectivity index (χ2v) is 8.36. The van der Waals surface area contributed by atoms with E-state index in [1.54, 1.807) is 6.20 Å². The van der Waals surface area contributed by atoms with E-state index in [2.05, 4.69) is 20.2 Å². The number of nitrogens with one attached hydrogen (secondary N) is 2. The minimum Gasteiger partial charge on any atom is -0.360 e. The number of hydrogen-bond donors (Lipinski definition) is 2. The monoisotopic (exact) mass is 423 g/mol. The number of Topliss-reactive ketones (excluding diaryl/α,β-unsaturated/α-hetero) is 1. The maximum Gasteiger partial charge on any atom is 0.231 e. The van der Waals surface area contributed by atoms with Crippen LogP contribution in [0.4, 0.5) is 0 Å². The molecule has 6 nitrogen and oxygen atoms in total. The molecule has 0 radical (unpaired) electrons. The van der Waals surface area contributed by atoms with E-state index in [4.69, 9.17) is 0 Å². The van der Waals surface area contributed by atoms with Crippen molar-refractivity contribution in [3.05, 3.63) is 96.2 Å². The quantitative estimate of drug-likeness (QED) is 0.287. The Morgan fingerprint density at radius 2 is 1.71 bits per heavy atom. The van der Waals surface area contributed by atoms with Crippen LogP contribution in [-0.2, 0) is 0 Å². The van der Waals surface area contributed by atoms with Crippen LogP contribution in [0.25, 0.3) is 27.7 Å². The fourth-order valence-corrected chi connectivity index (χ4v) is 5.07. The number of carbonyl (C=O) groups is 1. The highest BCUT2D eigenvalue weighted by molar-refractivity contribution is 8.00. The Labute approximate surface area is 181 Å². The Morgan fingerprint density at radius 1 is 0.935 bits per heavy atom. The van der Waals surface area contributed by atoms with Crippen LogP contribution in [0.2, 0.25) is 0 Å². The van der Waals surface area contributed by atoms with Gasteiger partial charge in [-0.05, 0) is 23.8 Å². The summed E-state index contributed by atoms with van der Waals surface area (Å²) < 4.78 is 1.97. The molecule has 0 amide bonds. The first-order valence-electron chi connectivity index (χ1n) is 9.93. The Balaban J connectivity index is 1.48. The molecule has 150 valence electrons. The van der Waals surface area contributed by atoms with Crippen molar-refractivity contribution in [1.82, 2.24) is 24.6 Å². The summed E-state index contributed by atoms with van der Waals surface area (Å²) in [5.41, 5.74) is 4.41. The zero-order valence-electron chi connectivity index (χ0n) is 16.3. The molecule has 0 fully saturated rings. The lowest BCUT2D eigenvalue weighted by Crippen LogP contribution is -2.10. The van der Waals surface area contributed by atoms with E-state index < -0.39 is 5.25 Å². The molecule has 3 aromatic heterocycles. The zero-order chi connectivity index (χ0) is 20.8. The summed E-state index contributed by atoms with van der Waals surface area (Å²) in [5, 5.41) is 8.65. The molecule has 0 spiro atoms. The maximum absolute atomic E-state index is 13.8. The minimum absolute atomic E-state index is 0.0363. The van der Waals surface area contributed by atoms with Crippen LogP contribution in [0, 0.1) is 0 Å². The summed E-state index contributed by atoms with van der Waals surface area (Å²) in [6.07, 6.45) is 1.80. The van der Waals surface area contributed by atoms with E-state index in [0.29, 0.717) is 16.5 Å². The SMILES string of the molecule is O=C(c1c[nH]c2ccccc12)C(Sc1n[nH]c2nc3ccccc3n12)c1ccccc1. The maximum atomic E-state index is 13.8. The van der Waals surface area contributed by atoms with Crippen LogP contribution in [0.5, 0.6) is 0 Å². The van der Waals surface area contributed by atoms with Crippen LogP contribution >= 0.6 is 11.8 Å².